The lowest BCUT2D eigenvalue weighted by atomic mass is 9.87. The van der Waals surface area contributed by atoms with E-state index in [2.05, 4.69) is 5.32 Å². The molecule has 0 aliphatic carbocycles. The Morgan fingerprint density at radius 3 is 2.76 bits per heavy atom. The summed E-state index contributed by atoms with van der Waals surface area (Å²) >= 11 is 0. The second-order valence-electron chi connectivity index (χ2n) is 4.82. The van der Waals surface area contributed by atoms with Crippen LogP contribution in [0.2, 0.25) is 0 Å². The zero-order valence-electron chi connectivity index (χ0n) is 10.1. The molecule has 2 fully saturated rings. The lowest BCUT2D eigenvalue weighted by molar-refractivity contribution is 0.215. The van der Waals surface area contributed by atoms with Crippen molar-refractivity contribution in [2.45, 2.75) is 12.8 Å². The minimum absolute atomic E-state index is 0. The predicted molar refractivity (Wildman–Crippen MR) is 69.0 cm³/mol. The van der Waals surface area contributed by atoms with Crippen LogP contribution in [0, 0.1) is 5.41 Å². The fourth-order valence-electron chi connectivity index (χ4n) is 2.59. The van der Waals surface area contributed by atoms with Gasteiger partial charge in [0.1, 0.15) is 0 Å². The van der Waals surface area contributed by atoms with Crippen molar-refractivity contribution in [1.82, 2.24) is 9.62 Å². The van der Waals surface area contributed by atoms with E-state index in [4.69, 9.17) is 4.74 Å². The maximum absolute atomic E-state index is 12.0. The van der Waals surface area contributed by atoms with E-state index in [0.29, 0.717) is 13.1 Å². The molecule has 0 saturated carbocycles. The fourth-order valence-corrected chi connectivity index (χ4v) is 4.07. The van der Waals surface area contributed by atoms with E-state index >= 15 is 0 Å². The average Bonchev–Trinajstić information content (AvgIpc) is 2.87. The van der Waals surface area contributed by atoms with Crippen LogP contribution in [0.5, 0.6) is 0 Å². The third kappa shape index (κ3) is 3.32. The molecule has 5 nitrogen and oxygen atoms in total. The number of nitrogens with zero attached hydrogens (tertiary/aromatic N) is 1. The first-order valence-corrected chi connectivity index (χ1v) is 7.36. The molecule has 1 spiro atoms. The van der Waals surface area contributed by atoms with Gasteiger partial charge in [0.2, 0.25) is 10.0 Å². The van der Waals surface area contributed by atoms with Gasteiger partial charge in [0.05, 0.1) is 12.4 Å². The molecule has 2 heterocycles. The lowest BCUT2D eigenvalue weighted by Crippen LogP contribution is -2.35. The number of halogens is 1. The minimum Gasteiger partial charge on any atom is -0.384 e. The van der Waals surface area contributed by atoms with Gasteiger partial charge in [0.15, 0.2) is 0 Å². The Kier molecular flexibility index (Phi) is 5.21. The van der Waals surface area contributed by atoms with Crippen LogP contribution in [0.15, 0.2) is 0 Å². The molecule has 17 heavy (non-hydrogen) atoms. The van der Waals surface area contributed by atoms with Crippen molar-refractivity contribution in [3.8, 4) is 0 Å². The van der Waals surface area contributed by atoms with E-state index < -0.39 is 10.0 Å². The summed E-state index contributed by atoms with van der Waals surface area (Å²) in [6.45, 7) is 3.62. The molecule has 7 heteroatoms. The maximum Gasteiger partial charge on any atom is 0.216 e. The van der Waals surface area contributed by atoms with Crippen molar-refractivity contribution in [3.05, 3.63) is 0 Å². The third-order valence-corrected chi connectivity index (χ3v) is 5.46. The molecule has 1 N–H and O–H groups in total. The summed E-state index contributed by atoms with van der Waals surface area (Å²) in [5, 5.41) is 3.32. The average molecular weight is 285 g/mol. The monoisotopic (exact) mass is 284 g/mol. The molecule has 0 radical (unpaired) electrons. The van der Waals surface area contributed by atoms with Crippen molar-refractivity contribution in [1.29, 1.82) is 0 Å². The Hall–Kier alpha value is 0.120. The molecule has 0 aromatic rings. The van der Waals surface area contributed by atoms with Gasteiger partial charge in [-0.3, -0.25) is 0 Å². The van der Waals surface area contributed by atoms with E-state index in [1.165, 1.54) is 7.11 Å². The Labute approximate surface area is 109 Å². The molecule has 2 saturated heterocycles. The van der Waals surface area contributed by atoms with E-state index in [-0.39, 0.29) is 30.2 Å². The quantitative estimate of drug-likeness (QED) is 0.794. The van der Waals surface area contributed by atoms with Crippen LogP contribution in [-0.2, 0) is 14.8 Å². The molecular weight excluding hydrogens is 264 g/mol. The smallest absolute Gasteiger partial charge is 0.216 e. The van der Waals surface area contributed by atoms with Crippen molar-refractivity contribution in [3.63, 3.8) is 0 Å². The molecule has 0 bridgehead atoms. The standard InChI is InChI=1S/C10H20N2O3S.ClH/c1-15-6-7-16(13,14)12-5-3-10(9-12)2-4-11-8-10;/h11H,2-9H2,1H3;1H. The molecule has 0 aromatic carbocycles. The van der Waals surface area contributed by atoms with Crippen LogP contribution in [0.4, 0.5) is 0 Å². The second kappa shape index (κ2) is 5.84. The summed E-state index contributed by atoms with van der Waals surface area (Å²) in [5.41, 5.74) is 0.208. The number of sulfonamides is 1. The van der Waals surface area contributed by atoms with Gasteiger partial charge in [-0.15, -0.1) is 12.4 Å². The maximum atomic E-state index is 12.0. The summed E-state index contributed by atoms with van der Waals surface area (Å²) in [6, 6.07) is 0. The van der Waals surface area contributed by atoms with Gasteiger partial charge in [-0.05, 0) is 24.8 Å². The molecule has 1 unspecified atom stereocenters. The number of nitrogens with one attached hydrogen (secondary N) is 1. The fraction of sp³-hybridized carbons (Fsp3) is 1.00. The summed E-state index contributed by atoms with van der Waals surface area (Å²) < 4.78 is 30.4. The lowest BCUT2D eigenvalue weighted by Gasteiger charge is -2.22. The Balaban J connectivity index is 0.00000144. The highest BCUT2D eigenvalue weighted by molar-refractivity contribution is 7.89. The Morgan fingerprint density at radius 1 is 1.41 bits per heavy atom. The Morgan fingerprint density at radius 2 is 2.18 bits per heavy atom. The third-order valence-electron chi connectivity index (χ3n) is 3.67. The van der Waals surface area contributed by atoms with Gasteiger partial charge in [-0.1, -0.05) is 0 Å². The normalized spacial score (nSPS) is 29.7. The predicted octanol–water partition coefficient (Wildman–Crippen LogP) is 0.0698. The molecule has 1 atom stereocenters. The van der Waals surface area contributed by atoms with Crippen LogP contribution < -0.4 is 5.32 Å². The summed E-state index contributed by atoms with van der Waals surface area (Å²) in [5.74, 6) is 0.104. The van der Waals surface area contributed by atoms with Crippen molar-refractivity contribution in [2.75, 3.05) is 45.6 Å². The second-order valence-corrected chi connectivity index (χ2v) is 6.91. The Bertz CT molecular complexity index is 341. The molecular formula is C10H21ClN2O3S. The highest BCUT2D eigenvalue weighted by Crippen LogP contribution is 2.37. The van der Waals surface area contributed by atoms with Crippen LogP contribution in [-0.4, -0.2) is 58.4 Å². The molecule has 0 amide bonds. The largest absolute Gasteiger partial charge is 0.384 e. The van der Waals surface area contributed by atoms with Gasteiger partial charge in [0, 0.05) is 26.7 Å². The van der Waals surface area contributed by atoms with Crippen LogP contribution in [0.3, 0.4) is 0 Å². The minimum atomic E-state index is -3.11. The zero-order valence-corrected chi connectivity index (χ0v) is 11.8. The number of rotatable bonds is 4. The molecule has 2 aliphatic heterocycles. The van der Waals surface area contributed by atoms with Crippen molar-refractivity contribution < 1.29 is 13.2 Å². The summed E-state index contributed by atoms with van der Waals surface area (Å²) in [4.78, 5) is 0. The zero-order chi connectivity index (χ0) is 11.6. The van der Waals surface area contributed by atoms with Crippen molar-refractivity contribution >= 4 is 22.4 Å². The van der Waals surface area contributed by atoms with E-state index in [1.54, 1.807) is 4.31 Å². The number of hydrogen-bond acceptors (Lipinski definition) is 4. The number of methoxy groups -OCH3 is 1. The van der Waals surface area contributed by atoms with Gasteiger partial charge < -0.3 is 10.1 Å². The first-order valence-electron chi connectivity index (χ1n) is 5.76. The molecule has 0 aromatic heterocycles. The van der Waals surface area contributed by atoms with Gasteiger partial charge in [0.25, 0.3) is 0 Å². The van der Waals surface area contributed by atoms with Gasteiger partial charge in [-0.25, -0.2) is 12.7 Å². The first-order chi connectivity index (χ1) is 7.58. The molecule has 2 rings (SSSR count). The number of hydrogen-bond donors (Lipinski definition) is 1. The van der Waals surface area contributed by atoms with Crippen LogP contribution in [0.25, 0.3) is 0 Å². The SMILES string of the molecule is COCCS(=O)(=O)N1CCC2(CCNC2)C1.Cl. The van der Waals surface area contributed by atoms with Gasteiger partial charge >= 0.3 is 0 Å². The molecule has 2 aliphatic rings. The van der Waals surface area contributed by atoms with Crippen LogP contribution in [0.1, 0.15) is 12.8 Å². The summed E-state index contributed by atoms with van der Waals surface area (Å²) in [6.07, 6.45) is 2.09. The van der Waals surface area contributed by atoms with Crippen LogP contribution >= 0.6 is 12.4 Å². The topological polar surface area (TPSA) is 58.6 Å². The van der Waals surface area contributed by atoms with E-state index in [9.17, 15) is 8.42 Å². The van der Waals surface area contributed by atoms with E-state index in [0.717, 1.165) is 25.9 Å². The number of ether oxygens (including phenoxy) is 1. The highest BCUT2D eigenvalue weighted by Gasteiger charge is 2.43. The summed E-state index contributed by atoms with van der Waals surface area (Å²) in [7, 11) is -1.58. The van der Waals surface area contributed by atoms with Gasteiger partial charge in [-0.2, -0.15) is 0 Å². The van der Waals surface area contributed by atoms with Crippen molar-refractivity contribution in [2.24, 2.45) is 5.41 Å². The van der Waals surface area contributed by atoms with E-state index in [1.807, 2.05) is 0 Å². The highest BCUT2D eigenvalue weighted by atomic mass is 35.5. The molecule has 102 valence electrons. The first kappa shape index (κ1) is 15.2.